The lowest BCUT2D eigenvalue weighted by atomic mass is 9.83. The number of fused-ring (bicyclic) bond motifs is 3. The predicted octanol–water partition coefficient (Wildman–Crippen LogP) is 2.34. The third-order valence-electron chi connectivity index (χ3n) is 6.14. The van der Waals surface area contributed by atoms with Crippen LogP contribution in [0.4, 0.5) is 14.9 Å². The van der Waals surface area contributed by atoms with E-state index in [9.17, 15) is 13.4 Å². The summed E-state index contributed by atoms with van der Waals surface area (Å²) >= 11 is 0. The summed E-state index contributed by atoms with van der Waals surface area (Å²) in [4.78, 5) is 12.8. The van der Waals surface area contributed by atoms with Crippen LogP contribution in [0.3, 0.4) is 0 Å². The molecule has 3 aliphatic rings. The lowest BCUT2D eigenvalue weighted by Gasteiger charge is -2.26. The van der Waals surface area contributed by atoms with E-state index >= 15 is 0 Å². The van der Waals surface area contributed by atoms with Crippen molar-refractivity contribution in [2.75, 3.05) is 19.0 Å². The number of nitrogens with zero attached hydrogens (tertiary/aromatic N) is 3. The van der Waals surface area contributed by atoms with Gasteiger partial charge in [0.1, 0.15) is 10.7 Å². The molecule has 11 heteroatoms. The monoisotopic (exact) mass is 449 g/mol. The molecule has 2 heterocycles. The van der Waals surface area contributed by atoms with Crippen molar-refractivity contribution in [1.29, 1.82) is 0 Å². The summed E-state index contributed by atoms with van der Waals surface area (Å²) in [5.74, 6) is 0.0772. The Morgan fingerprint density at radius 3 is 2.74 bits per heavy atom. The van der Waals surface area contributed by atoms with Crippen LogP contribution in [0.2, 0.25) is 0 Å². The van der Waals surface area contributed by atoms with Crippen LogP contribution in [-0.2, 0) is 46.9 Å². The molecule has 2 aliphatic carbocycles. The van der Waals surface area contributed by atoms with Crippen molar-refractivity contribution in [2.24, 2.45) is 9.50 Å². The molecule has 0 fully saturated rings. The molecule has 1 aromatic heterocycles. The van der Waals surface area contributed by atoms with E-state index in [0.717, 1.165) is 17.5 Å². The Balaban J connectivity index is 1.45. The number of nitrogens with one attached hydrogen (secondary N) is 1. The second-order valence-corrected chi connectivity index (χ2v) is 10.3. The Labute approximate surface area is 179 Å². The number of benzene rings is 1. The summed E-state index contributed by atoms with van der Waals surface area (Å²) in [5.41, 5.74) is 2.86. The molecule has 1 aliphatic heterocycles. The van der Waals surface area contributed by atoms with Gasteiger partial charge in [-0.1, -0.05) is 0 Å². The van der Waals surface area contributed by atoms with Gasteiger partial charge in [0.15, 0.2) is 15.5 Å². The minimum Gasteiger partial charge on any atom is -0.466 e. The fourth-order valence-corrected chi connectivity index (χ4v) is 5.69. The first-order chi connectivity index (χ1) is 14.7. The van der Waals surface area contributed by atoms with E-state index in [-0.39, 0.29) is 16.6 Å². The second kappa shape index (κ2) is 7.01. The number of ether oxygens (including phenoxy) is 2. The number of carbonyl (C=O) groups excluding carboxylic acids is 1. The third kappa shape index (κ3) is 3.22. The summed E-state index contributed by atoms with van der Waals surface area (Å²) < 4.78 is 44.1. The van der Waals surface area contributed by atoms with Crippen LogP contribution in [0.5, 0.6) is 5.88 Å². The van der Waals surface area contributed by atoms with Crippen LogP contribution in [0.1, 0.15) is 35.6 Å². The number of hydrogen-bond donors (Lipinski definition) is 2. The Morgan fingerprint density at radius 2 is 2.03 bits per heavy atom. The number of nitrogens with two attached hydrogens (primary N) is 1. The SMILES string of the molecule is COC[C@]1(C)Cn2ncc(S(N)(=O)=NC(=O)Nc3c4c(c(F)c5c3CC5)CCC4)c2O1. The molecule has 1 aromatic carbocycles. The highest BCUT2D eigenvalue weighted by atomic mass is 32.2. The van der Waals surface area contributed by atoms with Crippen molar-refractivity contribution in [3.05, 3.63) is 34.3 Å². The number of rotatable bonds is 4. The molecule has 3 N–H and O–H groups in total. The molecule has 2 amide bonds. The first-order valence-corrected chi connectivity index (χ1v) is 11.7. The summed E-state index contributed by atoms with van der Waals surface area (Å²) in [7, 11) is -2.06. The molecule has 0 spiro atoms. The highest BCUT2D eigenvalue weighted by molar-refractivity contribution is 7.91. The molecule has 31 heavy (non-hydrogen) atoms. The minimum absolute atomic E-state index is 0.0554. The predicted molar refractivity (Wildman–Crippen MR) is 111 cm³/mol. The number of hydrogen-bond acceptors (Lipinski definition) is 5. The maximum absolute atomic E-state index is 14.6. The van der Waals surface area contributed by atoms with Gasteiger partial charge in [-0.05, 0) is 61.3 Å². The van der Waals surface area contributed by atoms with Crippen molar-refractivity contribution in [3.63, 3.8) is 0 Å². The minimum atomic E-state index is -3.61. The van der Waals surface area contributed by atoms with E-state index in [1.165, 1.54) is 10.9 Å². The number of aromatic nitrogens is 2. The molecule has 166 valence electrons. The van der Waals surface area contributed by atoms with E-state index in [1.807, 2.05) is 6.92 Å². The molecule has 0 radical (unpaired) electrons. The smallest absolute Gasteiger partial charge is 0.354 e. The number of halogens is 1. The number of anilines is 1. The summed E-state index contributed by atoms with van der Waals surface area (Å²) in [6.07, 6.45) is 4.84. The van der Waals surface area contributed by atoms with Gasteiger partial charge in [0.2, 0.25) is 5.88 Å². The Hall–Kier alpha value is -2.50. The average molecular weight is 450 g/mol. The second-order valence-electron chi connectivity index (χ2n) is 8.50. The van der Waals surface area contributed by atoms with Gasteiger partial charge in [0, 0.05) is 12.8 Å². The van der Waals surface area contributed by atoms with Crippen molar-refractivity contribution in [3.8, 4) is 5.88 Å². The number of carbonyl (C=O) groups is 1. The van der Waals surface area contributed by atoms with E-state index in [1.54, 1.807) is 7.11 Å². The molecule has 9 nitrogen and oxygen atoms in total. The highest BCUT2D eigenvalue weighted by Gasteiger charge is 2.39. The van der Waals surface area contributed by atoms with Gasteiger partial charge in [-0.2, -0.15) is 5.10 Å². The summed E-state index contributed by atoms with van der Waals surface area (Å²) in [6.45, 7) is 2.54. The van der Waals surface area contributed by atoms with Gasteiger partial charge in [-0.25, -0.2) is 23.2 Å². The first-order valence-electron chi connectivity index (χ1n) is 10.2. The summed E-state index contributed by atoms with van der Waals surface area (Å²) in [6, 6.07) is -0.833. The number of urea groups is 1. The Bertz CT molecular complexity index is 1230. The number of methoxy groups -OCH3 is 1. The maximum atomic E-state index is 14.6. The molecular formula is C20H24FN5O4S. The lowest BCUT2D eigenvalue weighted by molar-refractivity contribution is 0.0165. The van der Waals surface area contributed by atoms with Gasteiger partial charge < -0.3 is 14.8 Å². The third-order valence-corrected chi connectivity index (χ3v) is 7.49. The van der Waals surface area contributed by atoms with E-state index in [4.69, 9.17) is 14.6 Å². The van der Waals surface area contributed by atoms with Crippen LogP contribution in [-0.4, -0.2) is 39.3 Å². The van der Waals surface area contributed by atoms with Crippen LogP contribution in [0.15, 0.2) is 15.5 Å². The Morgan fingerprint density at radius 1 is 1.35 bits per heavy atom. The molecule has 0 saturated carbocycles. The van der Waals surface area contributed by atoms with Gasteiger partial charge in [-0.3, -0.25) is 0 Å². The molecule has 5 rings (SSSR count). The van der Waals surface area contributed by atoms with Crippen molar-refractivity contribution < 1.29 is 22.9 Å². The van der Waals surface area contributed by atoms with E-state index in [0.29, 0.717) is 55.6 Å². The zero-order valence-corrected chi connectivity index (χ0v) is 18.2. The maximum Gasteiger partial charge on any atom is 0.354 e. The van der Waals surface area contributed by atoms with Crippen LogP contribution in [0, 0.1) is 5.82 Å². The van der Waals surface area contributed by atoms with Gasteiger partial charge in [0.05, 0.1) is 19.3 Å². The standard InChI is InChI=1S/C20H24FN5O4S/c1-20(10-29-2)9-26-18(30-20)15(8-23-26)31(22,28)25-19(27)24-17-13-5-3-4-11(13)16(21)12-6-7-14(12)17/h8H,3-7,9-10H2,1-2H3,(H3,22,24,25,27,28)/t20-,31?/m0/s1. The molecule has 0 bridgehead atoms. The fraction of sp³-hybridized carbons (Fsp3) is 0.500. The van der Waals surface area contributed by atoms with Crippen LogP contribution >= 0.6 is 0 Å². The zero-order valence-electron chi connectivity index (χ0n) is 17.4. The van der Waals surface area contributed by atoms with E-state index in [2.05, 4.69) is 14.8 Å². The van der Waals surface area contributed by atoms with Crippen LogP contribution < -0.4 is 15.2 Å². The van der Waals surface area contributed by atoms with Gasteiger partial charge in [-0.15, -0.1) is 4.36 Å². The van der Waals surface area contributed by atoms with Crippen molar-refractivity contribution in [2.45, 2.75) is 56.1 Å². The zero-order chi connectivity index (χ0) is 22.0. The Kier molecular flexibility index (Phi) is 4.61. The number of amides is 2. The van der Waals surface area contributed by atoms with Crippen molar-refractivity contribution >= 4 is 21.6 Å². The van der Waals surface area contributed by atoms with Crippen LogP contribution in [0.25, 0.3) is 0 Å². The fourth-order valence-electron chi connectivity index (χ4n) is 4.71. The van der Waals surface area contributed by atoms with E-state index < -0.39 is 21.5 Å². The topological polar surface area (TPSA) is 121 Å². The highest BCUT2D eigenvalue weighted by Crippen LogP contribution is 2.42. The lowest BCUT2D eigenvalue weighted by Crippen LogP contribution is -2.36. The molecule has 0 saturated heterocycles. The van der Waals surface area contributed by atoms with Gasteiger partial charge in [0.25, 0.3) is 0 Å². The quantitative estimate of drug-likeness (QED) is 0.742. The first kappa shape index (κ1) is 20.4. The molecule has 2 atom stereocenters. The molecule has 2 aromatic rings. The van der Waals surface area contributed by atoms with Gasteiger partial charge >= 0.3 is 6.03 Å². The normalized spacial score (nSPS) is 22.6. The molecule has 1 unspecified atom stereocenters. The summed E-state index contributed by atoms with van der Waals surface area (Å²) in [5, 5.41) is 12.9. The average Bonchev–Trinajstić information content (AvgIpc) is 3.32. The molecular weight excluding hydrogens is 425 g/mol. The van der Waals surface area contributed by atoms with Crippen molar-refractivity contribution in [1.82, 2.24) is 9.78 Å². The largest absolute Gasteiger partial charge is 0.466 e.